The number of nitrogens with one attached hydrogen (secondary N) is 1. The molecule has 0 aromatic heterocycles. The van der Waals surface area contributed by atoms with E-state index in [0.717, 1.165) is 11.1 Å². The number of aryl methyl sites for hydroxylation is 1. The fourth-order valence-corrected chi connectivity index (χ4v) is 1.97. The summed E-state index contributed by atoms with van der Waals surface area (Å²) < 4.78 is 5.22. The smallest absolute Gasteiger partial charge is 0.248 e. The number of hydrogen-bond donors (Lipinski definition) is 1. The molecule has 0 fully saturated rings. The molecule has 108 valence electrons. The fraction of sp³-hybridized carbons (Fsp3) is 0.118. The molecule has 0 radical (unpaired) electrons. The molecule has 0 saturated carbocycles. The van der Waals surface area contributed by atoms with Crippen LogP contribution in [0, 0.1) is 6.92 Å². The minimum absolute atomic E-state index is 0.214. The summed E-state index contributed by atoms with van der Waals surface area (Å²) in [5.74, 6) is 0.419. The number of halogens is 1. The first kappa shape index (κ1) is 15.1. The first-order valence-electron chi connectivity index (χ1n) is 6.48. The number of benzene rings is 2. The topological polar surface area (TPSA) is 38.3 Å². The summed E-state index contributed by atoms with van der Waals surface area (Å²) in [5.41, 5.74) is 2.61. The Morgan fingerprint density at radius 1 is 1.19 bits per heavy atom. The third-order valence-corrected chi connectivity index (χ3v) is 3.16. The zero-order chi connectivity index (χ0) is 15.2. The maximum atomic E-state index is 12.0. The van der Waals surface area contributed by atoms with Crippen LogP contribution in [-0.4, -0.2) is 13.0 Å². The van der Waals surface area contributed by atoms with Crippen molar-refractivity contribution < 1.29 is 9.53 Å². The molecule has 0 aliphatic rings. The molecule has 3 nitrogen and oxygen atoms in total. The highest BCUT2D eigenvalue weighted by Gasteiger charge is 2.05. The average Bonchev–Trinajstić information content (AvgIpc) is 2.47. The van der Waals surface area contributed by atoms with Crippen LogP contribution in [0.3, 0.4) is 0 Å². The highest BCUT2D eigenvalue weighted by molar-refractivity contribution is 6.30. The van der Waals surface area contributed by atoms with Crippen molar-refractivity contribution in [3.63, 3.8) is 0 Å². The Hall–Kier alpha value is -2.26. The second-order valence-electron chi connectivity index (χ2n) is 4.58. The van der Waals surface area contributed by atoms with E-state index in [2.05, 4.69) is 5.32 Å². The zero-order valence-corrected chi connectivity index (χ0v) is 12.6. The Bertz CT molecular complexity index is 663. The predicted octanol–water partition coefficient (Wildman–Crippen LogP) is 4.31. The van der Waals surface area contributed by atoms with Gasteiger partial charge in [0.1, 0.15) is 5.75 Å². The highest BCUT2D eigenvalue weighted by atomic mass is 35.5. The van der Waals surface area contributed by atoms with Gasteiger partial charge < -0.3 is 10.1 Å². The van der Waals surface area contributed by atoms with Gasteiger partial charge in [-0.3, -0.25) is 4.79 Å². The average molecular weight is 302 g/mol. The van der Waals surface area contributed by atoms with Crippen molar-refractivity contribution in [2.24, 2.45) is 0 Å². The predicted molar refractivity (Wildman–Crippen MR) is 86.8 cm³/mol. The van der Waals surface area contributed by atoms with Gasteiger partial charge in [0.15, 0.2) is 0 Å². The highest BCUT2D eigenvalue weighted by Crippen LogP contribution is 2.25. The van der Waals surface area contributed by atoms with Gasteiger partial charge in [0.05, 0.1) is 12.8 Å². The standard InChI is InChI=1S/C17H16ClNO2/c1-12-3-9-16(21-2)15(11-12)19-17(20)10-6-13-4-7-14(18)8-5-13/h3-11H,1-2H3,(H,19,20)/b10-6+. The summed E-state index contributed by atoms with van der Waals surface area (Å²) in [6, 6.07) is 12.9. The number of amides is 1. The van der Waals surface area contributed by atoms with Crippen molar-refractivity contribution in [3.05, 3.63) is 64.7 Å². The van der Waals surface area contributed by atoms with Crippen LogP contribution in [0.25, 0.3) is 6.08 Å². The van der Waals surface area contributed by atoms with E-state index < -0.39 is 0 Å². The van der Waals surface area contributed by atoms with Crippen LogP contribution < -0.4 is 10.1 Å². The van der Waals surface area contributed by atoms with Gasteiger partial charge in [0.2, 0.25) is 5.91 Å². The van der Waals surface area contributed by atoms with Crippen LogP contribution in [0.1, 0.15) is 11.1 Å². The van der Waals surface area contributed by atoms with Gasteiger partial charge >= 0.3 is 0 Å². The van der Waals surface area contributed by atoms with Gasteiger partial charge in [-0.05, 0) is 48.4 Å². The first-order chi connectivity index (χ1) is 10.1. The maximum Gasteiger partial charge on any atom is 0.248 e. The van der Waals surface area contributed by atoms with Gasteiger partial charge in [-0.25, -0.2) is 0 Å². The van der Waals surface area contributed by atoms with E-state index in [1.54, 1.807) is 25.3 Å². The zero-order valence-electron chi connectivity index (χ0n) is 11.9. The Morgan fingerprint density at radius 2 is 1.90 bits per heavy atom. The number of hydrogen-bond acceptors (Lipinski definition) is 2. The van der Waals surface area contributed by atoms with E-state index in [4.69, 9.17) is 16.3 Å². The van der Waals surface area contributed by atoms with Crippen LogP contribution in [0.15, 0.2) is 48.5 Å². The summed E-state index contributed by atoms with van der Waals surface area (Å²) in [7, 11) is 1.57. The second kappa shape index (κ2) is 6.95. The van der Waals surface area contributed by atoms with E-state index in [1.807, 2.05) is 37.3 Å². The molecule has 0 bridgehead atoms. The largest absolute Gasteiger partial charge is 0.495 e. The monoisotopic (exact) mass is 301 g/mol. The summed E-state index contributed by atoms with van der Waals surface area (Å²) in [6.45, 7) is 1.96. The lowest BCUT2D eigenvalue weighted by Gasteiger charge is -2.09. The normalized spacial score (nSPS) is 10.6. The van der Waals surface area contributed by atoms with E-state index in [-0.39, 0.29) is 5.91 Å². The number of anilines is 1. The van der Waals surface area contributed by atoms with Crippen LogP contribution >= 0.6 is 11.6 Å². The molecule has 2 aromatic rings. The molecule has 0 atom stereocenters. The Morgan fingerprint density at radius 3 is 2.57 bits per heavy atom. The van der Waals surface area contributed by atoms with E-state index in [9.17, 15) is 4.79 Å². The summed E-state index contributed by atoms with van der Waals surface area (Å²) >= 11 is 5.81. The van der Waals surface area contributed by atoms with Gasteiger partial charge in [-0.15, -0.1) is 0 Å². The molecule has 21 heavy (non-hydrogen) atoms. The SMILES string of the molecule is COc1ccc(C)cc1NC(=O)/C=C/c1ccc(Cl)cc1. The van der Waals surface area contributed by atoms with Crippen LogP contribution in [0.2, 0.25) is 5.02 Å². The lowest BCUT2D eigenvalue weighted by molar-refractivity contribution is -0.111. The van der Waals surface area contributed by atoms with E-state index in [1.165, 1.54) is 6.08 Å². The molecule has 1 amide bonds. The number of rotatable bonds is 4. The summed E-state index contributed by atoms with van der Waals surface area (Å²) in [6.07, 6.45) is 3.21. The quantitative estimate of drug-likeness (QED) is 0.855. The molecule has 4 heteroatoms. The molecule has 0 heterocycles. The van der Waals surface area contributed by atoms with E-state index in [0.29, 0.717) is 16.5 Å². The van der Waals surface area contributed by atoms with Gasteiger partial charge in [0, 0.05) is 11.1 Å². The van der Waals surface area contributed by atoms with Crippen molar-refractivity contribution in [3.8, 4) is 5.75 Å². The first-order valence-corrected chi connectivity index (χ1v) is 6.85. The summed E-state index contributed by atoms with van der Waals surface area (Å²) in [4.78, 5) is 12.0. The minimum atomic E-state index is -0.214. The van der Waals surface area contributed by atoms with Crippen molar-refractivity contribution in [1.29, 1.82) is 0 Å². The molecule has 0 unspecified atom stereocenters. The maximum absolute atomic E-state index is 12.0. The Kier molecular flexibility index (Phi) is 5.01. The Labute approximate surface area is 129 Å². The molecule has 0 saturated heterocycles. The van der Waals surface area contributed by atoms with Crippen molar-refractivity contribution in [2.45, 2.75) is 6.92 Å². The number of carbonyl (C=O) groups is 1. The van der Waals surface area contributed by atoms with Crippen LogP contribution in [0.4, 0.5) is 5.69 Å². The van der Waals surface area contributed by atoms with Gasteiger partial charge in [0.25, 0.3) is 0 Å². The fourth-order valence-electron chi connectivity index (χ4n) is 1.84. The number of methoxy groups -OCH3 is 1. The molecular formula is C17H16ClNO2. The van der Waals surface area contributed by atoms with Crippen LogP contribution in [-0.2, 0) is 4.79 Å². The summed E-state index contributed by atoms with van der Waals surface area (Å²) in [5, 5.41) is 3.47. The third kappa shape index (κ3) is 4.36. The van der Waals surface area contributed by atoms with Gasteiger partial charge in [-0.2, -0.15) is 0 Å². The minimum Gasteiger partial charge on any atom is -0.495 e. The van der Waals surface area contributed by atoms with Crippen molar-refractivity contribution in [2.75, 3.05) is 12.4 Å². The molecule has 0 aliphatic heterocycles. The number of carbonyl (C=O) groups excluding carboxylic acids is 1. The Balaban J connectivity index is 2.08. The molecular weight excluding hydrogens is 286 g/mol. The van der Waals surface area contributed by atoms with Gasteiger partial charge in [-0.1, -0.05) is 29.8 Å². The molecule has 2 rings (SSSR count). The lowest BCUT2D eigenvalue weighted by Crippen LogP contribution is -2.09. The van der Waals surface area contributed by atoms with Crippen molar-refractivity contribution in [1.82, 2.24) is 0 Å². The lowest BCUT2D eigenvalue weighted by atomic mass is 10.2. The molecule has 1 N–H and O–H groups in total. The third-order valence-electron chi connectivity index (χ3n) is 2.91. The molecule has 0 aliphatic carbocycles. The molecule has 0 spiro atoms. The van der Waals surface area contributed by atoms with E-state index >= 15 is 0 Å². The second-order valence-corrected chi connectivity index (χ2v) is 5.01. The van der Waals surface area contributed by atoms with Crippen LogP contribution in [0.5, 0.6) is 5.75 Å². The van der Waals surface area contributed by atoms with Crippen molar-refractivity contribution >= 4 is 29.3 Å². The number of ether oxygens (including phenoxy) is 1. The molecule has 2 aromatic carbocycles.